The first-order chi connectivity index (χ1) is 15.8. The van der Waals surface area contributed by atoms with Gasteiger partial charge in [0, 0.05) is 6.61 Å². The van der Waals surface area contributed by atoms with Crippen LogP contribution in [0, 0.1) is 0 Å². The summed E-state index contributed by atoms with van der Waals surface area (Å²) >= 11 is 0. The normalized spacial score (nSPS) is 11.2. The van der Waals surface area contributed by atoms with E-state index in [9.17, 15) is 0 Å². The topological polar surface area (TPSA) is 53.7 Å². The van der Waals surface area contributed by atoms with Crippen LogP contribution < -0.4 is 10.5 Å². The third kappa shape index (κ3) is 18.3. The van der Waals surface area contributed by atoms with Crippen molar-refractivity contribution in [3.63, 3.8) is 0 Å². The Morgan fingerprint density at radius 3 is 1.50 bits per heavy atom. The van der Waals surface area contributed by atoms with Gasteiger partial charge in [-0.2, -0.15) is 0 Å². The van der Waals surface area contributed by atoms with Crippen molar-refractivity contribution in [2.24, 2.45) is 0 Å². The number of benzene rings is 1. The second kappa shape index (κ2) is 22.9. The molecule has 32 heavy (non-hydrogen) atoms. The molecule has 186 valence electrons. The zero-order valence-corrected chi connectivity index (χ0v) is 21.0. The Bertz CT molecular complexity index is 509. The van der Waals surface area contributed by atoms with E-state index in [0.29, 0.717) is 32.1 Å². The molecule has 0 aliphatic heterocycles. The molecule has 4 heteroatoms. The van der Waals surface area contributed by atoms with Crippen molar-refractivity contribution < 1.29 is 14.2 Å². The number of nitrogen functional groups attached to an aromatic ring is 1. The molecule has 0 saturated heterocycles. The van der Waals surface area contributed by atoms with Gasteiger partial charge in [0.25, 0.3) is 0 Å². The van der Waals surface area contributed by atoms with Crippen molar-refractivity contribution >= 4 is 5.69 Å². The van der Waals surface area contributed by atoms with Gasteiger partial charge in [0.2, 0.25) is 0 Å². The van der Waals surface area contributed by atoms with Crippen LogP contribution in [0.3, 0.4) is 0 Å². The van der Waals surface area contributed by atoms with Gasteiger partial charge in [-0.25, -0.2) is 0 Å². The first-order valence-electron chi connectivity index (χ1n) is 13.5. The molecule has 0 aromatic heterocycles. The second-order valence-electron chi connectivity index (χ2n) is 8.91. The van der Waals surface area contributed by atoms with Crippen LogP contribution >= 0.6 is 0 Å². The van der Waals surface area contributed by atoms with Gasteiger partial charge >= 0.3 is 0 Å². The molecule has 2 N–H and O–H groups in total. The number of rotatable bonds is 24. The number of hydrogen-bond acceptors (Lipinski definition) is 4. The lowest BCUT2D eigenvalue weighted by Gasteiger charge is -2.09. The zero-order valence-electron chi connectivity index (χ0n) is 21.0. The van der Waals surface area contributed by atoms with Crippen LogP contribution in [0.25, 0.3) is 0 Å². The molecular formula is C28H51NO3. The predicted octanol–water partition coefficient (Wildman–Crippen LogP) is 7.94. The van der Waals surface area contributed by atoms with Gasteiger partial charge in [0.15, 0.2) is 0 Å². The maximum absolute atomic E-state index is 5.83. The molecule has 0 fully saturated rings. The van der Waals surface area contributed by atoms with Gasteiger partial charge in [-0.05, 0) is 18.6 Å². The average molecular weight is 450 g/mol. The Labute approximate surface area is 198 Å². The Morgan fingerprint density at radius 2 is 0.969 bits per heavy atom. The van der Waals surface area contributed by atoms with Gasteiger partial charge in [0.1, 0.15) is 12.4 Å². The summed E-state index contributed by atoms with van der Waals surface area (Å²) in [7, 11) is 0. The fraction of sp³-hybridized carbons (Fsp3) is 0.786. The predicted molar refractivity (Wildman–Crippen MR) is 138 cm³/mol. The molecule has 4 nitrogen and oxygen atoms in total. The Balaban J connectivity index is 1.68. The number of hydrogen-bond donors (Lipinski definition) is 1. The second-order valence-corrected chi connectivity index (χ2v) is 8.91. The SMILES string of the molecule is CCCCCCCCCCCCCCCCCCOCCOCCOc1ccccc1N. The molecular weight excluding hydrogens is 398 g/mol. The van der Waals surface area contributed by atoms with Crippen LogP contribution in [0.4, 0.5) is 5.69 Å². The third-order valence-electron chi connectivity index (χ3n) is 5.92. The summed E-state index contributed by atoms with van der Waals surface area (Å²) in [5.41, 5.74) is 6.49. The maximum atomic E-state index is 5.83. The number of anilines is 1. The van der Waals surface area contributed by atoms with Crippen molar-refractivity contribution in [1.29, 1.82) is 0 Å². The minimum Gasteiger partial charge on any atom is -0.489 e. The molecule has 0 unspecified atom stereocenters. The molecule has 1 aromatic carbocycles. The largest absolute Gasteiger partial charge is 0.489 e. The molecule has 0 radical (unpaired) electrons. The zero-order chi connectivity index (χ0) is 23.0. The van der Waals surface area contributed by atoms with Crippen molar-refractivity contribution in [1.82, 2.24) is 0 Å². The molecule has 0 aliphatic rings. The van der Waals surface area contributed by atoms with Crippen LogP contribution in [0.2, 0.25) is 0 Å². The fourth-order valence-electron chi connectivity index (χ4n) is 3.90. The summed E-state index contributed by atoms with van der Waals surface area (Å²) in [5.74, 6) is 0.718. The van der Waals surface area contributed by atoms with Crippen LogP contribution in [0.1, 0.15) is 110 Å². The van der Waals surface area contributed by atoms with E-state index >= 15 is 0 Å². The van der Waals surface area contributed by atoms with Crippen molar-refractivity contribution in [3.8, 4) is 5.75 Å². The van der Waals surface area contributed by atoms with Crippen LogP contribution in [0.5, 0.6) is 5.75 Å². The van der Waals surface area contributed by atoms with E-state index in [1.165, 1.54) is 96.3 Å². The average Bonchev–Trinajstić information content (AvgIpc) is 2.80. The maximum Gasteiger partial charge on any atom is 0.142 e. The highest BCUT2D eigenvalue weighted by Crippen LogP contribution is 2.19. The van der Waals surface area contributed by atoms with E-state index in [1.807, 2.05) is 24.3 Å². The molecule has 1 rings (SSSR count). The number of para-hydroxylation sites is 2. The Kier molecular flexibility index (Phi) is 20.6. The number of nitrogens with two attached hydrogens (primary N) is 1. The van der Waals surface area contributed by atoms with Crippen molar-refractivity contribution in [3.05, 3.63) is 24.3 Å². The number of unbranched alkanes of at least 4 members (excludes halogenated alkanes) is 15. The van der Waals surface area contributed by atoms with Gasteiger partial charge in [0.05, 0.1) is 25.5 Å². The van der Waals surface area contributed by atoms with E-state index in [0.717, 1.165) is 18.8 Å². The molecule has 1 aromatic rings. The summed E-state index contributed by atoms with van der Waals surface area (Å²) in [6.07, 6.45) is 22.4. The van der Waals surface area contributed by atoms with E-state index in [1.54, 1.807) is 0 Å². The summed E-state index contributed by atoms with van der Waals surface area (Å²) in [6, 6.07) is 7.52. The Hall–Kier alpha value is -1.26. The molecule has 0 amide bonds. The van der Waals surface area contributed by atoms with E-state index in [4.69, 9.17) is 19.9 Å². The van der Waals surface area contributed by atoms with Crippen molar-refractivity contribution in [2.75, 3.05) is 38.8 Å². The lowest BCUT2D eigenvalue weighted by Crippen LogP contribution is -2.11. The quantitative estimate of drug-likeness (QED) is 0.128. The number of ether oxygens (including phenoxy) is 3. The molecule has 0 spiro atoms. The van der Waals surface area contributed by atoms with Gasteiger partial charge in [-0.1, -0.05) is 115 Å². The molecule has 0 heterocycles. The molecule has 0 saturated carbocycles. The third-order valence-corrected chi connectivity index (χ3v) is 5.92. The molecule has 0 atom stereocenters. The lowest BCUT2D eigenvalue weighted by atomic mass is 10.0. The van der Waals surface area contributed by atoms with Crippen LogP contribution in [-0.2, 0) is 9.47 Å². The fourth-order valence-corrected chi connectivity index (χ4v) is 3.90. The monoisotopic (exact) mass is 449 g/mol. The van der Waals surface area contributed by atoms with E-state index in [2.05, 4.69) is 6.92 Å². The summed E-state index contributed by atoms with van der Waals surface area (Å²) < 4.78 is 16.8. The van der Waals surface area contributed by atoms with Gasteiger partial charge in [-0.15, -0.1) is 0 Å². The summed E-state index contributed by atoms with van der Waals surface area (Å²) in [4.78, 5) is 0. The highest BCUT2D eigenvalue weighted by molar-refractivity contribution is 5.51. The first-order valence-corrected chi connectivity index (χ1v) is 13.5. The smallest absolute Gasteiger partial charge is 0.142 e. The highest BCUT2D eigenvalue weighted by Gasteiger charge is 1.98. The summed E-state index contributed by atoms with van der Waals surface area (Å²) in [6.45, 7) is 5.47. The van der Waals surface area contributed by atoms with E-state index < -0.39 is 0 Å². The van der Waals surface area contributed by atoms with Crippen LogP contribution in [-0.4, -0.2) is 33.0 Å². The van der Waals surface area contributed by atoms with Crippen molar-refractivity contribution in [2.45, 2.75) is 110 Å². The molecule has 0 bridgehead atoms. The van der Waals surface area contributed by atoms with Gasteiger partial charge in [-0.3, -0.25) is 0 Å². The Morgan fingerprint density at radius 1 is 0.531 bits per heavy atom. The van der Waals surface area contributed by atoms with Crippen LogP contribution in [0.15, 0.2) is 24.3 Å². The molecule has 0 aliphatic carbocycles. The van der Waals surface area contributed by atoms with Gasteiger partial charge < -0.3 is 19.9 Å². The summed E-state index contributed by atoms with van der Waals surface area (Å²) in [5, 5.41) is 0. The minimum atomic E-state index is 0.507. The lowest BCUT2D eigenvalue weighted by molar-refractivity contribution is 0.0353. The standard InChI is InChI=1S/C28H51NO3/c1-2-3-4-5-6-7-8-9-10-11-12-13-14-15-16-19-22-30-23-24-31-25-26-32-28-21-18-17-20-27(28)29/h17-18,20-21H,2-16,19,22-26,29H2,1H3. The van der Waals surface area contributed by atoms with E-state index in [-0.39, 0.29) is 0 Å². The highest BCUT2D eigenvalue weighted by atomic mass is 16.5. The minimum absolute atomic E-state index is 0.507. The first kappa shape index (κ1) is 28.8.